The molecule has 0 rings (SSSR count). The third-order valence-electron chi connectivity index (χ3n) is 1.70. The topological polar surface area (TPSA) is 66.4 Å². The van der Waals surface area contributed by atoms with Crippen LogP contribution in [0.1, 0.15) is 33.1 Å². The zero-order valence-electron chi connectivity index (χ0n) is 8.15. The summed E-state index contributed by atoms with van der Waals surface area (Å²) in [4.78, 5) is 0. The molecule has 0 radical (unpaired) electrons. The lowest BCUT2D eigenvalue weighted by molar-refractivity contribution is 0.0693. The van der Waals surface area contributed by atoms with E-state index in [1.165, 1.54) is 0 Å². The predicted molar refractivity (Wildman–Crippen MR) is 49.5 cm³/mol. The second kappa shape index (κ2) is 6.34. The summed E-state index contributed by atoms with van der Waals surface area (Å²) >= 11 is 0. The lowest BCUT2D eigenvalue weighted by atomic mass is 10.2. The molecule has 0 N–H and O–H groups in total. The molecule has 0 aromatic rings. The van der Waals surface area contributed by atoms with E-state index in [9.17, 15) is 13.0 Å². The lowest BCUT2D eigenvalue weighted by Gasteiger charge is -2.13. The third-order valence-corrected chi connectivity index (χ3v) is 2.37. The highest BCUT2D eigenvalue weighted by atomic mass is 32.2. The Hall–Kier alpha value is -0.130. The molecule has 0 saturated heterocycles. The minimum atomic E-state index is -4.12. The maximum atomic E-state index is 10.2. The Morgan fingerprint density at radius 3 is 2.54 bits per heavy atom. The molecule has 0 saturated carbocycles. The van der Waals surface area contributed by atoms with Crippen molar-refractivity contribution in [1.29, 1.82) is 0 Å². The van der Waals surface area contributed by atoms with Gasteiger partial charge in [-0.3, -0.25) is 0 Å². The van der Waals surface area contributed by atoms with Crippen molar-refractivity contribution in [3.05, 3.63) is 0 Å². The standard InChI is InChI=1S/C8H18O4S/c1-3-4-5-8(2)12-6-7-13(9,10)11/h8H,3-7H2,1-2H3,(H,9,10,11)/p-1. The predicted octanol–water partition coefficient (Wildman–Crippen LogP) is 1.13. The van der Waals surface area contributed by atoms with Gasteiger partial charge in [0.05, 0.1) is 28.6 Å². The fourth-order valence-corrected chi connectivity index (χ4v) is 1.23. The first-order valence-electron chi connectivity index (χ1n) is 4.51. The van der Waals surface area contributed by atoms with Crippen molar-refractivity contribution >= 4 is 10.1 Å². The smallest absolute Gasteiger partial charge is 0.0968 e. The molecule has 13 heavy (non-hydrogen) atoms. The van der Waals surface area contributed by atoms with Crippen LogP contribution >= 0.6 is 0 Å². The van der Waals surface area contributed by atoms with Gasteiger partial charge in [-0.1, -0.05) is 19.8 Å². The molecule has 0 spiro atoms. The molecule has 0 bridgehead atoms. The van der Waals surface area contributed by atoms with E-state index in [4.69, 9.17) is 4.74 Å². The van der Waals surface area contributed by atoms with Gasteiger partial charge in [-0.25, -0.2) is 8.42 Å². The summed E-state index contributed by atoms with van der Waals surface area (Å²) in [6.07, 6.45) is 3.11. The van der Waals surface area contributed by atoms with E-state index in [0.717, 1.165) is 19.3 Å². The molecule has 0 aliphatic rings. The Morgan fingerprint density at radius 2 is 2.08 bits per heavy atom. The number of rotatable bonds is 7. The Balaban J connectivity index is 3.42. The van der Waals surface area contributed by atoms with E-state index in [0.29, 0.717) is 0 Å². The minimum Gasteiger partial charge on any atom is -0.748 e. The van der Waals surface area contributed by atoms with Crippen LogP contribution in [0.5, 0.6) is 0 Å². The normalized spacial score (nSPS) is 14.4. The van der Waals surface area contributed by atoms with Crippen LogP contribution in [0.25, 0.3) is 0 Å². The first kappa shape index (κ1) is 12.9. The number of hydrogen-bond donors (Lipinski definition) is 0. The van der Waals surface area contributed by atoms with Gasteiger partial charge >= 0.3 is 0 Å². The van der Waals surface area contributed by atoms with Crippen LogP contribution in [0.3, 0.4) is 0 Å². The van der Waals surface area contributed by atoms with Gasteiger partial charge < -0.3 is 9.29 Å². The molecular formula is C8H17O4S-. The molecule has 80 valence electrons. The monoisotopic (exact) mass is 209 g/mol. The van der Waals surface area contributed by atoms with Gasteiger partial charge in [-0.2, -0.15) is 0 Å². The van der Waals surface area contributed by atoms with Crippen LogP contribution in [0.2, 0.25) is 0 Å². The van der Waals surface area contributed by atoms with Crippen molar-refractivity contribution in [2.24, 2.45) is 0 Å². The van der Waals surface area contributed by atoms with Crippen LogP contribution in [0.4, 0.5) is 0 Å². The van der Waals surface area contributed by atoms with Crippen molar-refractivity contribution < 1.29 is 17.7 Å². The second-order valence-corrected chi connectivity index (χ2v) is 4.61. The van der Waals surface area contributed by atoms with Crippen LogP contribution in [-0.2, 0) is 14.9 Å². The molecule has 0 amide bonds. The van der Waals surface area contributed by atoms with Gasteiger partial charge in [-0.15, -0.1) is 0 Å². The average Bonchev–Trinajstić information content (AvgIpc) is 1.98. The van der Waals surface area contributed by atoms with Crippen molar-refractivity contribution in [3.8, 4) is 0 Å². The van der Waals surface area contributed by atoms with Crippen molar-refractivity contribution in [2.75, 3.05) is 12.4 Å². The van der Waals surface area contributed by atoms with Crippen LogP contribution in [0.15, 0.2) is 0 Å². The van der Waals surface area contributed by atoms with E-state index >= 15 is 0 Å². The Morgan fingerprint density at radius 1 is 1.46 bits per heavy atom. The summed E-state index contributed by atoms with van der Waals surface area (Å²) in [5.41, 5.74) is 0. The summed E-state index contributed by atoms with van der Waals surface area (Å²) in [5.74, 6) is -0.427. The van der Waals surface area contributed by atoms with Gasteiger partial charge in [0.15, 0.2) is 0 Å². The van der Waals surface area contributed by atoms with Gasteiger partial charge in [0, 0.05) is 0 Å². The van der Waals surface area contributed by atoms with Gasteiger partial charge in [0.1, 0.15) is 0 Å². The highest BCUT2D eigenvalue weighted by Gasteiger charge is 2.02. The number of hydrogen-bond acceptors (Lipinski definition) is 4. The molecule has 4 nitrogen and oxygen atoms in total. The van der Waals surface area contributed by atoms with Crippen LogP contribution in [-0.4, -0.2) is 31.4 Å². The van der Waals surface area contributed by atoms with E-state index in [-0.39, 0.29) is 12.7 Å². The largest absolute Gasteiger partial charge is 0.748 e. The van der Waals surface area contributed by atoms with Crippen molar-refractivity contribution in [2.45, 2.75) is 39.2 Å². The first-order valence-corrected chi connectivity index (χ1v) is 6.08. The SMILES string of the molecule is CCCCC(C)OCCS(=O)(=O)[O-]. The Bertz CT molecular complexity index is 210. The summed E-state index contributed by atoms with van der Waals surface area (Å²) in [6, 6.07) is 0. The van der Waals surface area contributed by atoms with E-state index in [1.54, 1.807) is 0 Å². The van der Waals surface area contributed by atoms with Crippen molar-refractivity contribution in [1.82, 2.24) is 0 Å². The minimum absolute atomic E-state index is 0.0106. The fourth-order valence-electron chi connectivity index (χ4n) is 0.926. The maximum Gasteiger partial charge on any atom is 0.0968 e. The molecule has 0 aromatic heterocycles. The second-order valence-electron chi connectivity index (χ2n) is 3.09. The van der Waals surface area contributed by atoms with Crippen LogP contribution < -0.4 is 0 Å². The van der Waals surface area contributed by atoms with Gasteiger partial charge in [-0.05, 0) is 13.3 Å². The number of unbranched alkanes of at least 4 members (excludes halogenated alkanes) is 1. The Kier molecular flexibility index (Phi) is 6.28. The fraction of sp³-hybridized carbons (Fsp3) is 1.00. The molecule has 1 atom stereocenters. The molecule has 0 aliphatic carbocycles. The molecule has 5 heteroatoms. The molecule has 1 unspecified atom stereocenters. The quantitative estimate of drug-likeness (QED) is 0.589. The molecule has 0 aliphatic heterocycles. The molecule has 0 heterocycles. The Labute approximate surface area is 80.0 Å². The zero-order chi connectivity index (χ0) is 10.3. The molecule has 0 aromatic carbocycles. The van der Waals surface area contributed by atoms with Gasteiger partial charge in [0.2, 0.25) is 0 Å². The van der Waals surface area contributed by atoms with E-state index < -0.39 is 15.9 Å². The molecule has 0 fully saturated rings. The van der Waals surface area contributed by atoms with E-state index in [2.05, 4.69) is 6.92 Å². The summed E-state index contributed by atoms with van der Waals surface area (Å²) in [5, 5.41) is 0. The maximum absolute atomic E-state index is 10.2. The van der Waals surface area contributed by atoms with Crippen molar-refractivity contribution in [3.63, 3.8) is 0 Å². The van der Waals surface area contributed by atoms with Gasteiger partial charge in [0.25, 0.3) is 0 Å². The summed E-state index contributed by atoms with van der Waals surface area (Å²) in [6.45, 7) is 3.97. The lowest BCUT2D eigenvalue weighted by Crippen LogP contribution is -2.16. The highest BCUT2D eigenvalue weighted by molar-refractivity contribution is 7.85. The van der Waals surface area contributed by atoms with E-state index in [1.807, 2.05) is 6.92 Å². The first-order chi connectivity index (χ1) is 5.95. The third kappa shape index (κ3) is 9.79. The average molecular weight is 209 g/mol. The van der Waals surface area contributed by atoms with Crippen LogP contribution in [0, 0.1) is 0 Å². The zero-order valence-corrected chi connectivity index (χ0v) is 8.97. The summed E-state index contributed by atoms with van der Waals surface area (Å²) in [7, 11) is -4.12. The number of ether oxygens (including phenoxy) is 1. The molecular weight excluding hydrogens is 192 g/mol. The highest BCUT2D eigenvalue weighted by Crippen LogP contribution is 2.03. The summed E-state index contributed by atoms with van der Waals surface area (Å²) < 4.78 is 35.7.